The van der Waals surface area contributed by atoms with Crippen LogP contribution in [-0.2, 0) is 12.8 Å². The number of fused-ring (bicyclic) bond motifs is 18. The van der Waals surface area contributed by atoms with Crippen LogP contribution in [0.25, 0.3) is 121 Å². The van der Waals surface area contributed by atoms with E-state index in [0.29, 0.717) is 102 Å². The molecule has 0 spiro atoms. The van der Waals surface area contributed by atoms with Gasteiger partial charge in [0.15, 0.2) is 0 Å². The predicted octanol–water partition coefficient (Wildman–Crippen LogP) is 27.3. The Morgan fingerprint density at radius 3 is 0.753 bits per heavy atom. The first-order valence-electron chi connectivity index (χ1n) is 50.4. The highest BCUT2D eigenvalue weighted by atomic mass is 16.5. The number of para-hydroxylation sites is 2. The van der Waals surface area contributed by atoms with Crippen LogP contribution in [0, 0.1) is 55.4 Å². The van der Waals surface area contributed by atoms with E-state index < -0.39 is 23.6 Å². The SMILES string of the molecule is COc1ccc2c(c1)c1cc(OC)ccc1n2-c1ccc(-n2c3ccc(C)cc3c3cc(C)ccc32)c2c1C(=O)N(c1cc(C)c(N3C(=O)c4c(-n5c6ccc(C)cc6c6cc(C)ccc65)ccc(-n5c6ccc(OC)cc6c6cc(OC)ccc65)c4C3=O)cc1C)C2=O.Cc1cc(-c2ccc(N3C(=O)c4cccc(N5CCCc6ccccc65)c4C3=O)c(C)c2)ccc1N1C(=O)c2cccc(N3CCCc4ccccc43)c2C1=O. The van der Waals surface area contributed by atoms with Crippen LogP contribution >= 0.6 is 0 Å². The van der Waals surface area contributed by atoms with E-state index >= 15 is 19.2 Å². The molecule has 0 bridgehead atoms. The molecular formula is C128H98N10O12. The number of hydrogen-bond donors (Lipinski definition) is 0. The number of carbonyl (C=O) groups is 8. The fourth-order valence-corrected chi connectivity index (χ4v) is 24.3. The summed E-state index contributed by atoms with van der Waals surface area (Å²) in [5, 5.41) is 7.50. The number of amides is 8. The number of benzene rings is 17. The Kier molecular flexibility index (Phi) is 21.0. The molecule has 0 N–H and O–H groups in total. The van der Waals surface area contributed by atoms with Gasteiger partial charge in [-0.3, -0.25) is 38.4 Å². The van der Waals surface area contributed by atoms with Gasteiger partial charge in [0.05, 0.1) is 174 Å². The average molecular weight is 1970 g/mol. The summed E-state index contributed by atoms with van der Waals surface area (Å²) in [5.74, 6) is -0.838. The molecule has 0 unspecified atom stereocenters. The van der Waals surface area contributed by atoms with Crippen LogP contribution in [0.1, 0.15) is 151 Å². The molecule has 732 valence electrons. The van der Waals surface area contributed by atoms with Crippen molar-refractivity contribution in [2.24, 2.45) is 0 Å². The minimum atomic E-state index is -0.537. The molecule has 22 nitrogen and oxygen atoms in total. The van der Waals surface area contributed by atoms with Crippen molar-refractivity contribution in [1.29, 1.82) is 0 Å². The molecule has 0 saturated heterocycles. The van der Waals surface area contributed by atoms with Gasteiger partial charge < -0.3 is 47.0 Å². The fourth-order valence-electron chi connectivity index (χ4n) is 24.3. The zero-order valence-electron chi connectivity index (χ0n) is 84.5. The Morgan fingerprint density at radius 1 is 0.207 bits per heavy atom. The van der Waals surface area contributed by atoms with Crippen molar-refractivity contribution in [2.75, 3.05) is 70.9 Å². The zero-order valence-corrected chi connectivity index (χ0v) is 84.5. The second-order valence-electron chi connectivity index (χ2n) is 40.0. The predicted molar refractivity (Wildman–Crippen MR) is 594 cm³/mol. The van der Waals surface area contributed by atoms with Crippen molar-refractivity contribution in [3.8, 4) is 56.9 Å². The molecule has 0 radical (unpaired) electrons. The number of rotatable bonds is 15. The topological polar surface area (TPSA) is 213 Å². The smallest absolute Gasteiger partial charge is 0.268 e. The van der Waals surface area contributed by atoms with Crippen LogP contribution in [0.2, 0.25) is 0 Å². The van der Waals surface area contributed by atoms with Crippen LogP contribution in [-0.4, -0.2) is 107 Å². The minimum Gasteiger partial charge on any atom is -0.497 e. The quantitative estimate of drug-likeness (QED) is 0.0874. The van der Waals surface area contributed by atoms with Crippen molar-refractivity contribution in [3.05, 3.63) is 403 Å². The molecule has 0 saturated carbocycles. The first-order valence-corrected chi connectivity index (χ1v) is 50.4. The lowest BCUT2D eigenvalue weighted by molar-refractivity contribution is 0.0909. The van der Waals surface area contributed by atoms with Gasteiger partial charge in [-0.2, -0.15) is 0 Å². The first-order chi connectivity index (χ1) is 72.9. The van der Waals surface area contributed by atoms with E-state index in [2.05, 4.69) is 144 Å². The maximum absolute atomic E-state index is 16.3. The highest BCUT2D eigenvalue weighted by molar-refractivity contribution is 6.41. The molecule has 10 heterocycles. The van der Waals surface area contributed by atoms with Gasteiger partial charge in [0, 0.05) is 67.6 Å². The second-order valence-corrected chi connectivity index (χ2v) is 40.0. The monoisotopic (exact) mass is 1970 g/mol. The van der Waals surface area contributed by atoms with Crippen molar-refractivity contribution < 1.29 is 57.3 Å². The summed E-state index contributed by atoms with van der Waals surface area (Å²) in [6, 6.07) is 98.8. The summed E-state index contributed by atoms with van der Waals surface area (Å²) < 4.78 is 31.3. The minimum absolute atomic E-state index is 0.209. The van der Waals surface area contributed by atoms with Crippen LogP contribution < -0.4 is 48.3 Å². The van der Waals surface area contributed by atoms with E-state index in [4.69, 9.17) is 18.9 Å². The molecule has 4 aromatic heterocycles. The summed E-state index contributed by atoms with van der Waals surface area (Å²) in [6.07, 6.45) is 3.88. The summed E-state index contributed by atoms with van der Waals surface area (Å²) >= 11 is 0. The van der Waals surface area contributed by atoms with Crippen LogP contribution in [0.3, 0.4) is 0 Å². The van der Waals surface area contributed by atoms with Crippen molar-refractivity contribution >= 4 is 180 Å². The number of ether oxygens (including phenoxy) is 4. The molecule has 8 amide bonds. The molecule has 17 aromatic carbocycles. The van der Waals surface area contributed by atoms with Crippen molar-refractivity contribution in [1.82, 2.24) is 18.3 Å². The molecule has 6 aliphatic heterocycles. The van der Waals surface area contributed by atoms with Gasteiger partial charge in [-0.1, -0.05) is 107 Å². The molecule has 0 aliphatic carbocycles. The van der Waals surface area contributed by atoms with Gasteiger partial charge in [0.1, 0.15) is 23.0 Å². The van der Waals surface area contributed by atoms with Crippen molar-refractivity contribution in [2.45, 2.75) is 81.1 Å². The number of nitrogens with zero attached hydrogens (tertiary/aromatic N) is 10. The number of hydrogen-bond acceptors (Lipinski definition) is 14. The Morgan fingerprint density at radius 2 is 0.460 bits per heavy atom. The summed E-state index contributed by atoms with van der Waals surface area (Å²) in [6.45, 7) is 17.2. The molecule has 0 fully saturated rings. The van der Waals surface area contributed by atoms with E-state index in [0.717, 1.165) is 193 Å². The first kappa shape index (κ1) is 91.3. The van der Waals surface area contributed by atoms with Gasteiger partial charge >= 0.3 is 0 Å². The van der Waals surface area contributed by atoms with E-state index in [9.17, 15) is 19.2 Å². The summed E-state index contributed by atoms with van der Waals surface area (Å²) in [5.41, 5.74) is 27.7. The standard InChI is InChI=1S/C80H60N6O8.C48H38N4O4/c1-41-11-19-59-51(31-41)52-32-42(2)12-20-60(52)81(59)67-27-29-69(83-63-23-15-47(91-7)37-55(63)56-38-48(92-8)16-24-64(56)83)75-73(67)77(87)85(79(75)89)71-35-46(6)72(36-45(71)5)86-78(88)74-68(82-61-21-13-43(3)33-53(61)54-34-44(4)14-22-62(54)82)28-30-70(76(74)80(86)90)84-65-25-17-49(93-9)39-57(65)58-40-50(94-10)18-26-66(58)84;1-29-27-33(21-23-37(29)51-45(53)35-15-7-19-41(43(35)47(51)55)49-25-9-13-31-11-3-5-17-39(31)49)34-22-24-38(30(2)28-34)52-46(54)36-16-8-20-42(44(36)48(52)56)50-26-10-14-32-12-4-6-18-40(32)50/h11-40H,1-10H3;3-8,11-12,15-24,27-28H,9-10,13-14,25-26H2,1-2H3. The lowest BCUT2D eigenvalue weighted by Crippen LogP contribution is -2.32. The number of methoxy groups -OCH3 is 4. The third-order valence-corrected chi connectivity index (χ3v) is 31.3. The average Bonchev–Trinajstić information content (AvgIpc) is 1.54. The summed E-state index contributed by atoms with van der Waals surface area (Å²) in [7, 11) is 6.52. The maximum Gasteiger partial charge on any atom is 0.268 e. The molecule has 6 aliphatic rings. The lowest BCUT2D eigenvalue weighted by Gasteiger charge is -2.32. The van der Waals surface area contributed by atoms with Gasteiger partial charge in [-0.05, 0) is 344 Å². The van der Waals surface area contributed by atoms with E-state index in [1.54, 1.807) is 52.7 Å². The second kappa shape index (κ2) is 34.5. The Balaban J connectivity index is 0.000000172. The Labute approximate surface area is 862 Å². The highest BCUT2D eigenvalue weighted by Gasteiger charge is 2.49. The van der Waals surface area contributed by atoms with Crippen LogP contribution in [0.5, 0.6) is 23.0 Å². The Hall–Kier alpha value is -18.7. The Bertz CT molecular complexity index is 8910. The van der Waals surface area contributed by atoms with Gasteiger partial charge in [-0.25, -0.2) is 19.6 Å². The van der Waals surface area contributed by atoms with Crippen LogP contribution in [0.15, 0.2) is 303 Å². The van der Waals surface area contributed by atoms with E-state index in [1.807, 2.05) is 219 Å². The molecule has 0 atom stereocenters. The lowest BCUT2D eigenvalue weighted by atomic mass is 9.98. The largest absolute Gasteiger partial charge is 0.497 e. The zero-order chi connectivity index (χ0) is 103. The van der Waals surface area contributed by atoms with E-state index in [-0.39, 0.29) is 45.9 Å². The maximum atomic E-state index is 16.3. The summed E-state index contributed by atoms with van der Waals surface area (Å²) in [4.78, 5) is 131. The number of carbonyl (C=O) groups excluding carboxylic acids is 8. The number of aryl methyl sites for hydroxylation is 10. The molecule has 22 heteroatoms. The van der Waals surface area contributed by atoms with Gasteiger partial charge in [-0.15, -0.1) is 0 Å². The van der Waals surface area contributed by atoms with E-state index in [1.165, 1.54) is 30.7 Å². The molecule has 150 heavy (non-hydrogen) atoms. The molecule has 27 rings (SSSR count). The van der Waals surface area contributed by atoms with Crippen LogP contribution in [0.4, 0.5) is 45.5 Å². The van der Waals surface area contributed by atoms with Crippen molar-refractivity contribution in [3.63, 3.8) is 0 Å². The highest BCUT2D eigenvalue weighted by Crippen LogP contribution is 2.52. The van der Waals surface area contributed by atoms with Gasteiger partial charge in [0.25, 0.3) is 47.3 Å². The molecule has 21 aromatic rings. The number of aromatic nitrogens is 4. The number of imide groups is 4. The molecular weight excluding hydrogens is 1870 g/mol. The van der Waals surface area contributed by atoms with Gasteiger partial charge in [0.2, 0.25) is 0 Å². The normalized spacial score (nSPS) is 14.3. The third-order valence-electron chi connectivity index (χ3n) is 31.3. The number of anilines is 8. The fraction of sp³-hybridized carbons (Fsp3) is 0.141. The third kappa shape index (κ3) is 13.6.